The van der Waals surface area contributed by atoms with Crippen molar-refractivity contribution >= 4 is 28.3 Å². The minimum Gasteiger partial charge on any atom is -0.288 e. The molecule has 0 bridgehead atoms. The number of thiazole rings is 1. The molecule has 1 aliphatic heterocycles. The molecule has 0 aliphatic carbocycles. The Morgan fingerprint density at radius 2 is 2.25 bits per heavy atom. The summed E-state index contributed by atoms with van der Waals surface area (Å²) >= 11 is 1.41. The first-order valence-electron chi connectivity index (χ1n) is 8.04. The number of nitrogens with zero attached hydrogens (tertiary/aromatic N) is 4. The van der Waals surface area contributed by atoms with Gasteiger partial charge in [0, 0.05) is 30.6 Å². The van der Waals surface area contributed by atoms with Gasteiger partial charge in [-0.2, -0.15) is 0 Å². The van der Waals surface area contributed by atoms with Crippen molar-refractivity contribution in [3.8, 4) is 0 Å². The molecule has 0 spiro atoms. The van der Waals surface area contributed by atoms with Crippen molar-refractivity contribution in [2.24, 2.45) is 4.99 Å². The number of aromatic nitrogens is 2. The Hall–Kier alpha value is -2.28. The van der Waals surface area contributed by atoms with Crippen molar-refractivity contribution in [1.29, 1.82) is 0 Å². The Kier molecular flexibility index (Phi) is 4.89. The number of anilines is 1. The monoisotopic (exact) mass is 344 g/mol. The molecule has 0 atom stereocenters. The highest BCUT2D eigenvalue weighted by Gasteiger charge is 2.24. The summed E-state index contributed by atoms with van der Waals surface area (Å²) in [4.78, 5) is 35.0. The fraction of sp³-hybridized carbons (Fsp3) is 0.412. The van der Waals surface area contributed by atoms with E-state index < -0.39 is 0 Å². The number of carbonyl (C=O) groups excluding carboxylic acids is 2. The van der Waals surface area contributed by atoms with E-state index in [9.17, 15) is 9.59 Å². The Bertz CT molecular complexity index is 822. The molecule has 126 valence electrons. The standard InChI is InChI=1S/C17H20N4O2S/c1-12(2)18-14-6-3-4-8-20(14)16(23)10-13-11-24-17(19-13)21-9-5-7-15(21)22/h3-4,6,8,11-12H,5,7,9-10H2,1-2H3. The van der Waals surface area contributed by atoms with Crippen LogP contribution in [0.1, 0.15) is 37.2 Å². The predicted octanol–water partition coefficient (Wildman–Crippen LogP) is 2.26. The maximum atomic E-state index is 12.6. The summed E-state index contributed by atoms with van der Waals surface area (Å²) in [5.41, 5.74) is 1.33. The molecule has 3 heterocycles. The highest BCUT2D eigenvalue weighted by atomic mass is 32.1. The molecule has 6 nitrogen and oxygen atoms in total. The zero-order valence-corrected chi connectivity index (χ0v) is 14.6. The molecule has 0 N–H and O–H groups in total. The van der Waals surface area contributed by atoms with E-state index in [4.69, 9.17) is 0 Å². The van der Waals surface area contributed by atoms with Gasteiger partial charge in [-0.15, -0.1) is 11.3 Å². The second-order valence-corrected chi connectivity index (χ2v) is 6.83. The van der Waals surface area contributed by atoms with Gasteiger partial charge in [-0.25, -0.2) is 4.98 Å². The fourth-order valence-corrected chi connectivity index (χ4v) is 3.47. The lowest BCUT2D eigenvalue weighted by atomic mass is 10.3. The highest BCUT2D eigenvalue weighted by Crippen LogP contribution is 2.25. The lowest BCUT2D eigenvalue weighted by Crippen LogP contribution is -2.29. The van der Waals surface area contributed by atoms with Crippen molar-refractivity contribution in [3.63, 3.8) is 0 Å². The molecule has 3 rings (SSSR count). The van der Waals surface area contributed by atoms with Gasteiger partial charge in [0.15, 0.2) is 5.13 Å². The first kappa shape index (κ1) is 16.6. The molecule has 2 aromatic rings. The van der Waals surface area contributed by atoms with Crippen LogP contribution < -0.4 is 10.4 Å². The third kappa shape index (κ3) is 3.62. The van der Waals surface area contributed by atoms with Gasteiger partial charge in [-0.05, 0) is 32.4 Å². The van der Waals surface area contributed by atoms with Crippen LogP contribution in [0, 0.1) is 0 Å². The van der Waals surface area contributed by atoms with Gasteiger partial charge in [-0.1, -0.05) is 6.07 Å². The minimum absolute atomic E-state index is 0.0837. The van der Waals surface area contributed by atoms with Crippen LogP contribution in [-0.2, 0) is 11.2 Å². The van der Waals surface area contributed by atoms with Crippen LogP contribution in [0.2, 0.25) is 0 Å². The van der Waals surface area contributed by atoms with Crippen LogP contribution in [0.15, 0.2) is 34.8 Å². The van der Waals surface area contributed by atoms with Crippen molar-refractivity contribution in [3.05, 3.63) is 41.0 Å². The van der Waals surface area contributed by atoms with E-state index in [-0.39, 0.29) is 24.3 Å². The number of amides is 1. The zero-order valence-electron chi connectivity index (χ0n) is 13.8. The topological polar surface area (TPSA) is 67.6 Å². The van der Waals surface area contributed by atoms with Crippen molar-refractivity contribution in [2.45, 2.75) is 39.2 Å². The van der Waals surface area contributed by atoms with Crippen LogP contribution in [-0.4, -0.2) is 34.0 Å². The quantitative estimate of drug-likeness (QED) is 0.854. The van der Waals surface area contributed by atoms with Crippen LogP contribution in [0.5, 0.6) is 0 Å². The first-order valence-corrected chi connectivity index (χ1v) is 8.92. The summed E-state index contributed by atoms with van der Waals surface area (Å²) in [7, 11) is 0. The van der Waals surface area contributed by atoms with E-state index in [0.29, 0.717) is 29.3 Å². The average Bonchev–Trinajstić information content (AvgIpc) is 3.16. The van der Waals surface area contributed by atoms with E-state index in [2.05, 4.69) is 9.98 Å². The number of rotatable bonds is 4. The Labute approximate surface area is 144 Å². The van der Waals surface area contributed by atoms with Gasteiger partial charge in [-0.3, -0.25) is 24.0 Å². The normalized spacial score (nSPS) is 15.5. The second-order valence-electron chi connectivity index (χ2n) is 5.99. The van der Waals surface area contributed by atoms with E-state index in [1.165, 1.54) is 11.3 Å². The zero-order chi connectivity index (χ0) is 17.1. The molecular weight excluding hydrogens is 324 g/mol. The number of hydrogen-bond acceptors (Lipinski definition) is 5. The second kappa shape index (κ2) is 7.09. The van der Waals surface area contributed by atoms with Crippen LogP contribution >= 0.6 is 11.3 Å². The molecule has 0 unspecified atom stereocenters. The van der Waals surface area contributed by atoms with Crippen molar-refractivity contribution in [1.82, 2.24) is 9.55 Å². The van der Waals surface area contributed by atoms with Gasteiger partial charge >= 0.3 is 0 Å². The molecule has 2 aromatic heterocycles. The largest absolute Gasteiger partial charge is 0.288 e. The summed E-state index contributed by atoms with van der Waals surface area (Å²) in [5, 5.41) is 2.53. The van der Waals surface area contributed by atoms with Gasteiger partial charge in [0.25, 0.3) is 0 Å². The molecule has 0 aromatic carbocycles. The third-order valence-corrected chi connectivity index (χ3v) is 4.59. The smallest absolute Gasteiger partial charge is 0.238 e. The van der Waals surface area contributed by atoms with Gasteiger partial charge in [0.1, 0.15) is 5.49 Å². The minimum atomic E-state index is -0.0837. The Morgan fingerprint density at radius 3 is 2.96 bits per heavy atom. The van der Waals surface area contributed by atoms with E-state index >= 15 is 0 Å². The molecule has 1 aliphatic rings. The molecule has 1 fully saturated rings. The Morgan fingerprint density at radius 1 is 1.42 bits per heavy atom. The van der Waals surface area contributed by atoms with Gasteiger partial charge in [0.2, 0.25) is 11.8 Å². The molecule has 24 heavy (non-hydrogen) atoms. The molecule has 0 radical (unpaired) electrons. The van der Waals surface area contributed by atoms with Crippen LogP contribution in [0.4, 0.5) is 5.13 Å². The van der Waals surface area contributed by atoms with Crippen molar-refractivity contribution < 1.29 is 9.59 Å². The predicted molar refractivity (Wildman–Crippen MR) is 93.2 cm³/mol. The fourth-order valence-electron chi connectivity index (χ4n) is 2.61. The number of carbonyl (C=O) groups is 2. The van der Waals surface area contributed by atoms with E-state index in [0.717, 1.165) is 6.42 Å². The summed E-state index contributed by atoms with van der Waals surface area (Å²) in [5.74, 6) is 0.0253. The lowest BCUT2D eigenvalue weighted by molar-refractivity contribution is -0.117. The van der Waals surface area contributed by atoms with E-state index in [1.807, 2.05) is 37.4 Å². The maximum absolute atomic E-state index is 12.6. The van der Waals surface area contributed by atoms with E-state index in [1.54, 1.807) is 15.7 Å². The third-order valence-electron chi connectivity index (χ3n) is 3.67. The summed E-state index contributed by atoms with van der Waals surface area (Å²) in [6.07, 6.45) is 3.36. The molecule has 1 saturated heterocycles. The van der Waals surface area contributed by atoms with Gasteiger partial charge < -0.3 is 0 Å². The summed E-state index contributed by atoms with van der Waals surface area (Å²) in [6, 6.07) is 5.61. The van der Waals surface area contributed by atoms with Crippen LogP contribution in [0.3, 0.4) is 0 Å². The summed E-state index contributed by atoms with van der Waals surface area (Å²) in [6.45, 7) is 4.66. The Balaban J connectivity index is 1.79. The lowest BCUT2D eigenvalue weighted by Gasteiger charge is -2.10. The molecule has 7 heteroatoms. The average molecular weight is 344 g/mol. The van der Waals surface area contributed by atoms with Gasteiger partial charge in [0.05, 0.1) is 12.1 Å². The van der Waals surface area contributed by atoms with Crippen molar-refractivity contribution in [2.75, 3.05) is 11.4 Å². The highest BCUT2D eigenvalue weighted by molar-refractivity contribution is 7.14. The number of pyridine rings is 1. The summed E-state index contributed by atoms with van der Waals surface area (Å²) < 4.78 is 1.56. The van der Waals surface area contributed by atoms with Crippen LogP contribution in [0.25, 0.3) is 0 Å². The molecule has 0 saturated carbocycles. The maximum Gasteiger partial charge on any atom is 0.238 e. The molecule has 1 amide bonds. The number of hydrogen-bond donors (Lipinski definition) is 0. The SMILES string of the molecule is CC(C)N=c1ccccn1C(=O)Cc1csc(N2CCCC2=O)n1. The first-order chi connectivity index (χ1) is 11.5. The molecular formula is C17H20N4O2S.